The molecule has 0 spiro atoms. The molecule has 0 radical (unpaired) electrons. The van der Waals surface area contributed by atoms with Crippen molar-refractivity contribution >= 4 is 22.6 Å². The maximum Gasteiger partial charge on any atom is 0.170 e. The number of aliphatic hydroxyl groups excluding tert-OH is 1. The number of halogens is 2. The van der Waals surface area contributed by atoms with Gasteiger partial charge in [-0.25, -0.2) is 4.39 Å². The molecule has 0 aliphatic rings. The van der Waals surface area contributed by atoms with Crippen molar-refractivity contribution in [2.45, 2.75) is 12.6 Å². The van der Waals surface area contributed by atoms with E-state index in [1.165, 1.54) is 12.1 Å². The highest BCUT2D eigenvalue weighted by molar-refractivity contribution is 6.30. The summed E-state index contributed by atoms with van der Waals surface area (Å²) in [7, 11) is 0. The number of benzene rings is 3. The van der Waals surface area contributed by atoms with E-state index in [0.29, 0.717) is 35.1 Å². The molecule has 30 heavy (non-hydrogen) atoms. The van der Waals surface area contributed by atoms with Crippen molar-refractivity contribution in [3.63, 3.8) is 0 Å². The first-order valence-electron chi connectivity index (χ1n) is 9.50. The Kier molecular flexibility index (Phi) is 6.28. The van der Waals surface area contributed by atoms with E-state index in [2.05, 4.69) is 10.5 Å². The van der Waals surface area contributed by atoms with Gasteiger partial charge in [0.05, 0.1) is 0 Å². The van der Waals surface area contributed by atoms with Crippen LogP contribution in [0.3, 0.4) is 0 Å². The average Bonchev–Trinajstić information content (AvgIpc) is 3.17. The minimum absolute atomic E-state index is 0.141. The van der Waals surface area contributed by atoms with Gasteiger partial charge in [-0.15, -0.1) is 0 Å². The number of hydrogen-bond acceptors (Lipinski definition) is 5. The quantitative estimate of drug-likeness (QED) is 0.423. The van der Waals surface area contributed by atoms with Crippen molar-refractivity contribution in [3.8, 4) is 17.0 Å². The van der Waals surface area contributed by atoms with Gasteiger partial charge < -0.3 is 19.7 Å². The van der Waals surface area contributed by atoms with Gasteiger partial charge in [-0.2, -0.15) is 0 Å². The van der Waals surface area contributed by atoms with Gasteiger partial charge in [0.15, 0.2) is 5.58 Å². The second-order valence-electron chi connectivity index (χ2n) is 6.92. The van der Waals surface area contributed by atoms with Gasteiger partial charge in [0.1, 0.15) is 30.0 Å². The number of hydrogen-bond donors (Lipinski definition) is 2. The van der Waals surface area contributed by atoms with E-state index in [1.807, 2.05) is 42.5 Å². The van der Waals surface area contributed by atoms with Crippen LogP contribution in [0.5, 0.6) is 5.75 Å². The normalized spacial score (nSPS) is 12.2. The highest BCUT2D eigenvalue weighted by atomic mass is 35.5. The van der Waals surface area contributed by atoms with E-state index in [1.54, 1.807) is 12.1 Å². The average molecular weight is 427 g/mol. The maximum absolute atomic E-state index is 13.3. The van der Waals surface area contributed by atoms with E-state index in [0.717, 1.165) is 16.5 Å². The van der Waals surface area contributed by atoms with Crippen LogP contribution in [0.4, 0.5) is 4.39 Å². The second-order valence-corrected chi connectivity index (χ2v) is 7.36. The molecule has 0 saturated carbocycles. The van der Waals surface area contributed by atoms with Crippen LogP contribution in [0.25, 0.3) is 22.2 Å². The highest BCUT2D eigenvalue weighted by Crippen LogP contribution is 2.30. The topological polar surface area (TPSA) is 67.5 Å². The first-order valence-corrected chi connectivity index (χ1v) is 9.88. The van der Waals surface area contributed by atoms with Crippen LogP contribution in [-0.2, 0) is 6.54 Å². The zero-order valence-corrected chi connectivity index (χ0v) is 16.8. The lowest BCUT2D eigenvalue weighted by atomic mass is 10.1. The highest BCUT2D eigenvalue weighted by Gasteiger charge is 2.12. The summed E-state index contributed by atoms with van der Waals surface area (Å²) in [4.78, 5) is 0. The van der Waals surface area contributed by atoms with E-state index < -0.39 is 6.10 Å². The zero-order valence-electron chi connectivity index (χ0n) is 16.0. The van der Waals surface area contributed by atoms with Gasteiger partial charge in [-0.1, -0.05) is 41.0 Å². The van der Waals surface area contributed by atoms with Crippen molar-refractivity contribution in [2.75, 3.05) is 13.2 Å². The Bertz CT molecular complexity index is 1130. The second kappa shape index (κ2) is 9.26. The third-order valence-electron chi connectivity index (χ3n) is 4.61. The fraction of sp³-hybridized carbons (Fsp3) is 0.174. The van der Waals surface area contributed by atoms with Crippen molar-refractivity contribution in [1.29, 1.82) is 0 Å². The van der Waals surface area contributed by atoms with Crippen LogP contribution in [0.1, 0.15) is 5.56 Å². The molecule has 4 rings (SSSR count). The molecule has 0 amide bonds. The molecule has 0 fully saturated rings. The molecule has 1 atom stereocenters. The molecule has 0 aliphatic heterocycles. The summed E-state index contributed by atoms with van der Waals surface area (Å²) in [5.41, 5.74) is 2.87. The fourth-order valence-corrected chi connectivity index (χ4v) is 3.22. The van der Waals surface area contributed by atoms with Gasteiger partial charge in [0.25, 0.3) is 0 Å². The Labute approximate surface area is 178 Å². The predicted octanol–water partition coefficient (Wildman–Crippen LogP) is 4.82. The smallest absolute Gasteiger partial charge is 0.170 e. The Morgan fingerprint density at radius 1 is 1.10 bits per heavy atom. The number of aliphatic hydroxyl groups is 1. The summed E-state index contributed by atoms with van der Waals surface area (Å²) in [6.07, 6.45) is -0.670. The van der Waals surface area contributed by atoms with E-state index in [4.69, 9.17) is 20.9 Å². The molecular weight excluding hydrogens is 407 g/mol. The molecule has 1 aromatic heterocycles. The Morgan fingerprint density at radius 2 is 1.93 bits per heavy atom. The fourth-order valence-electron chi connectivity index (χ4n) is 3.09. The number of nitrogens with one attached hydrogen (secondary N) is 1. The van der Waals surface area contributed by atoms with Crippen molar-refractivity contribution in [3.05, 3.63) is 83.1 Å². The Morgan fingerprint density at radius 3 is 2.77 bits per heavy atom. The lowest BCUT2D eigenvalue weighted by Gasteiger charge is -2.14. The monoisotopic (exact) mass is 426 g/mol. The van der Waals surface area contributed by atoms with Crippen molar-refractivity contribution in [1.82, 2.24) is 10.5 Å². The van der Waals surface area contributed by atoms with Crippen LogP contribution in [0.2, 0.25) is 5.02 Å². The first kappa shape index (κ1) is 20.3. The summed E-state index contributed by atoms with van der Waals surface area (Å²) in [5.74, 6) is 0.225. The SMILES string of the molecule is O[C@@H](CNCc1ccc(Cl)cc1)COc1cccc(-c2noc3cc(F)ccc23)c1. The molecule has 3 aromatic carbocycles. The number of aromatic nitrogens is 1. The summed E-state index contributed by atoms with van der Waals surface area (Å²) < 4.78 is 24.3. The standard InChI is InChI=1S/C23H20ClFN2O3/c24-17-6-4-15(5-7-17)12-26-13-19(28)14-29-20-3-1-2-16(10-20)23-21-9-8-18(25)11-22(21)30-27-23/h1-11,19,26,28H,12-14H2/t19-/m0/s1. The molecule has 0 saturated heterocycles. The summed E-state index contributed by atoms with van der Waals surface area (Å²) in [6.45, 7) is 1.16. The number of ether oxygens (including phenoxy) is 1. The molecule has 154 valence electrons. The largest absolute Gasteiger partial charge is 0.491 e. The number of fused-ring (bicyclic) bond motifs is 1. The number of nitrogens with zero attached hydrogens (tertiary/aromatic N) is 1. The third kappa shape index (κ3) is 4.97. The van der Waals surface area contributed by atoms with Crippen molar-refractivity contribution < 1.29 is 18.8 Å². The molecule has 0 unspecified atom stereocenters. The Balaban J connectivity index is 1.33. The Hall–Kier alpha value is -2.93. The third-order valence-corrected chi connectivity index (χ3v) is 4.86. The lowest BCUT2D eigenvalue weighted by molar-refractivity contribution is 0.106. The van der Waals surface area contributed by atoms with E-state index in [9.17, 15) is 9.50 Å². The summed E-state index contributed by atoms with van der Waals surface area (Å²) in [6, 6.07) is 19.2. The molecule has 2 N–H and O–H groups in total. The van der Waals surface area contributed by atoms with Crippen LogP contribution in [-0.4, -0.2) is 29.5 Å². The van der Waals surface area contributed by atoms with Gasteiger partial charge >= 0.3 is 0 Å². The molecule has 0 aliphatic carbocycles. The summed E-state index contributed by atoms with van der Waals surface area (Å²) in [5, 5.41) is 18.8. The summed E-state index contributed by atoms with van der Waals surface area (Å²) >= 11 is 5.87. The molecule has 5 nitrogen and oxygen atoms in total. The van der Waals surface area contributed by atoms with Gasteiger partial charge in [0, 0.05) is 35.1 Å². The first-order chi connectivity index (χ1) is 14.6. The predicted molar refractivity (Wildman–Crippen MR) is 114 cm³/mol. The number of rotatable bonds is 8. The maximum atomic E-state index is 13.3. The van der Waals surface area contributed by atoms with Crippen LogP contribution in [0, 0.1) is 5.82 Å². The van der Waals surface area contributed by atoms with Gasteiger partial charge in [-0.05, 0) is 42.0 Å². The molecule has 1 heterocycles. The van der Waals surface area contributed by atoms with Crippen LogP contribution in [0.15, 0.2) is 71.3 Å². The van der Waals surface area contributed by atoms with E-state index in [-0.39, 0.29) is 12.4 Å². The minimum Gasteiger partial charge on any atom is -0.491 e. The molecule has 4 aromatic rings. The van der Waals surface area contributed by atoms with Gasteiger partial charge in [-0.3, -0.25) is 0 Å². The van der Waals surface area contributed by atoms with Gasteiger partial charge in [0.2, 0.25) is 0 Å². The minimum atomic E-state index is -0.670. The van der Waals surface area contributed by atoms with E-state index >= 15 is 0 Å². The van der Waals surface area contributed by atoms with Crippen LogP contribution >= 0.6 is 11.6 Å². The molecular formula is C23H20ClFN2O3. The zero-order chi connectivity index (χ0) is 20.9. The molecule has 0 bridgehead atoms. The lowest BCUT2D eigenvalue weighted by Crippen LogP contribution is -2.31. The van der Waals surface area contributed by atoms with Crippen molar-refractivity contribution in [2.24, 2.45) is 0 Å². The molecule has 7 heteroatoms. The van der Waals surface area contributed by atoms with Crippen LogP contribution < -0.4 is 10.1 Å².